The lowest BCUT2D eigenvalue weighted by Crippen LogP contribution is -2.49. The molecule has 0 unspecified atom stereocenters. The first-order valence-corrected chi connectivity index (χ1v) is 11.7. The minimum absolute atomic E-state index is 0.0176. The minimum Gasteiger partial charge on any atom is -0.367 e. The van der Waals surface area contributed by atoms with Crippen molar-refractivity contribution >= 4 is 63.0 Å². The van der Waals surface area contributed by atoms with Crippen LogP contribution in [0.1, 0.15) is 5.69 Å². The zero-order valence-corrected chi connectivity index (χ0v) is 19.4. The van der Waals surface area contributed by atoms with Gasteiger partial charge < -0.3 is 15.1 Å². The summed E-state index contributed by atoms with van der Waals surface area (Å²) in [5, 5.41) is 8.84. The molecule has 0 radical (unpaired) electrons. The van der Waals surface area contributed by atoms with Crippen LogP contribution in [0.15, 0.2) is 53.9 Å². The maximum absolute atomic E-state index is 12.7. The number of nitrogens with one attached hydrogen (secondary N) is 2. The molecule has 2 aromatic carbocycles. The van der Waals surface area contributed by atoms with Gasteiger partial charge in [-0.3, -0.25) is 10.1 Å². The van der Waals surface area contributed by atoms with Crippen molar-refractivity contribution in [1.29, 1.82) is 0 Å². The van der Waals surface area contributed by atoms with E-state index in [1.165, 1.54) is 11.3 Å². The van der Waals surface area contributed by atoms with Crippen LogP contribution in [-0.2, 0) is 11.2 Å². The van der Waals surface area contributed by atoms with Crippen molar-refractivity contribution in [2.75, 3.05) is 41.7 Å². The summed E-state index contributed by atoms with van der Waals surface area (Å²) in [6.07, 6.45) is 0.195. The Morgan fingerprint density at radius 3 is 2.53 bits per heavy atom. The Labute approximate surface area is 200 Å². The van der Waals surface area contributed by atoms with Crippen molar-refractivity contribution < 1.29 is 9.59 Å². The minimum atomic E-state index is -0.421. The highest BCUT2D eigenvalue weighted by Gasteiger charge is 2.23. The number of para-hydroxylation sites is 1. The fraction of sp³-hybridized carbons (Fsp3) is 0.227. The summed E-state index contributed by atoms with van der Waals surface area (Å²) < 4.78 is 0. The lowest BCUT2D eigenvalue weighted by atomic mass is 10.2. The molecule has 1 saturated heterocycles. The molecule has 32 heavy (non-hydrogen) atoms. The van der Waals surface area contributed by atoms with Crippen LogP contribution in [0.3, 0.4) is 0 Å². The number of nitrogens with zero attached hydrogens (tertiary/aromatic N) is 3. The van der Waals surface area contributed by atoms with Gasteiger partial charge in [0.05, 0.1) is 22.8 Å². The summed E-state index contributed by atoms with van der Waals surface area (Å²) in [6.45, 7) is 2.70. The second-order valence-corrected chi connectivity index (χ2v) is 8.93. The van der Waals surface area contributed by atoms with E-state index in [0.717, 1.165) is 18.8 Å². The molecule has 7 nitrogen and oxygen atoms in total. The molecule has 2 N–H and O–H groups in total. The van der Waals surface area contributed by atoms with Gasteiger partial charge >= 0.3 is 6.03 Å². The van der Waals surface area contributed by atoms with Gasteiger partial charge in [-0.2, -0.15) is 0 Å². The highest BCUT2D eigenvalue weighted by molar-refractivity contribution is 7.14. The third-order valence-corrected chi connectivity index (χ3v) is 6.37. The summed E-state index contributed by atoms with van der Waals surface area (Å²) in [5.41, 5.74) is 2.21. The number of piperazine rings is 1. The van der Waals surface area contributed by atoms with E-state index in [9.17, 15) is 9.59 Å². The topological polar surface area (TPSA) is 77.6 Å². The zero-order chi connectivity index (χ0) is 22.5. The zero-order valence-electron chi connectivity index (χ0n) is 17.1. The first kappa shape index (κ1) is 22.4. The summed E-state index contributed by atoms with van der Waals surface area (Å²) in [4.78, 5) is 33.3. The molecule has 3 amide bonds. The van der Waals surface area contributed by atoms with Gasteiger partial charge in [-0.1, -0.05) is 41.4 Å². The molecule has 3 aromatic rings. The second-order valence-electron chi connectivity index (χ2n) is 7.23. The lowest BCUT2D eigenvalue weighted by molar-refractivity contribution is -0.130. The van der Waals surface area contributed by atoms with Crippen LogP contribution in [-0.4, -0.2) is 48.0 Å². The molecule has 0 aliphatic carbocycles. The normalized spacial score (nSPS) is 13.7. The smallest absolute Gasteiger partial charge is 0.325 e. The van der Waals surface area contributed by atoms with Crippen molar-refractivity contribution in [3.8, 4) is 0 Å². The molecule has 1 aliphatic heterocycles. The first-order valence-electron chi connectivity index (χ1n) is 10.0. The van der Waals surface area contributed by atoms with Crippen molar-refractivity contribution in [2.45, 2.75) is 6.42 Å². The highest BCUT2D eigenvalue weighted by atomic mass is 35.5. The summed E-state index contributed by atoms with van der Waals surface area (Å²) in [7, 11) is 0. The van der Waals surface area contributed by atoms with Gasteiger partial charge in [0, 0.05) is 42.3 Å². The van der Waals surface area contributed by atoms with Crippen LogP contribution in [0.5, 0.6) is 0 Å². The van der Waals surface area contributed by atoms with E-state index in [-0.39, 0.29) is 12.3 Å². The Hall–Kier alpha value is -2.81. The van der Waals surface area contributed by atoms with Gasteiger partial charge in [0.1, 0.15) is 0 Å². The Morgan fingerprint density at radius 1 is 1.00 bits per heavy atom. The number of hydrogen-bond donors (Lipinski definition) is 2. The standard InChI is InChI=1S/C22H21Cl2N5O2S/c23-15-4-3-5-16(12-15)25-21(31)27-22-26-17(14-32-22)13-20(30)29-10-8-28(9-11-29)19-7-2-1-6-18(19)24/h1-7,12,14H,8-11,13H2,(H2,25,26,27,31). The lowest BCUT2D eigenvalue weighted by Gasteiger charge is -2.36. The average molecular weight is 490 g/mol. The molecule has 0 spiro atoms. The Morgan fingerprint density at radius 2 is 1.78 bits per heavy atom. The fourth-order valence-electron chi connectivity index (χ4n) is 3.44. The molecular formula is C22H21Cl2N5O2S. The number of amides is 3. The maximum Gasteiger partial charge on any atom is 0.325 e. The molecule has 1 aliphatic rings. The number of thiazole rings is 1. The van der Waals surface area contributed by atoms with Gasteiger partial charge in [0.25, 0.3) is 0 Å². The quantitative estimate of drug-likeness (QED) is 0.529. The number of anilines is 3. The summed E-state index contributed by atoms with van der Waals surface area (Å²) >= 11 is 13.5. The number of benzene rings is 2. The second kappa shape index (κ2) is 10.2. The van der Waals surface area contributed by atoms with Gasteiger partial charge in [0.2, 0.25) is 5.91 Å². The SMILES string of the molecule is O=C(Nc1cccc(Cl)c1)Nc1nc(CC(=O)N2CCN(c3ccccc3Cl)CC2)cs1. The summed E-state index contributed by atoms with van der Waals surface area (Å²) in [6, 6.07) is 14.2. The van der Waals surface area contributed by atoms with Gasteiger partial charge in [0.15, 0.2) is 5.13 Å². The van der Waals surface area contributed by atoms with Crippen LogP contribution in [0.4, 0.5) is 21.3 Å². The summed E-state index contributed by atoms with van der Waals surface area (Å²) in [5.74, 6) is 0.0176. The van der Waals surface area contributed by atoms with E-state index in [2.05, 4.69) is 20.5 Å². The molecule has 0 bridgehead atoms. The van der Waals surface area contributed by atoms with E-state index in [4.69, 9.17) is 23.2 Å². The molecule has 1 aromatic heterocycles. The average Bonchev–Trinajstić information content (AvgIpc) is 3.20. The molecule has 166 valence electrons. The van der Waals surface area contributed by atoms with Gasteiger partial charge in [-0.15, -0.1) is 11.3 Å². The van der Waals surface area contributed by atoms with Crippen LogP contribution in [0.25, 0.3) is 0 Å². The first-order chi connectivity index (χ1) is 15.5. The monoisotopic (exact) mass is 489 g/mol. The number of halogens is 2. The van der Waals surface area contributed by atoms with E-state index < -0.39 is 6.03 Å². The van der Waals surface area contributed by atoms with Crippen LogP contribution < -0.4 is 15.5 Å². The van der Waals surface area contributed by atoms with Crippen LogP contribution in [0, 0.1) is 0 Å². The number of carbonyl (C=O) groups excluding carboxylic acids is 2. The number of aromatic nitrogens is 1. The maximum atomic E-state index is 12.7. The predicted molar refractivity (Wildman–Crippen MR) is 130 cm³/mol. The van der Waals surface area contributed by atoms with E-state index in [1.54, 1.807) is 29.6 Å². The van der Waals surface area contributed by atoms with E-state index >= 15 is 0 Å². The van der Waals surface area contributed by atoms with Crippen LogP contribution >= 0.6 is 34.5 Å². The predicted octanol–water partition coefficient (Wildman–Crippen LogP) is 4.99. The van der Waals surface area contributed by atoms with Crippen molar-refractivity contribution in [1.82, 2.24) is 9.88 Å². The number of rotatable bonds is 5. The molecule has 10 heteroatoms. The van der Waals surface area contributed by atoms with Crippen LogP contribution in [0.2, 0.25) is 10.0 Å². The van der Waals surface area contributed by atoms with E-state index in [0.29, 0.717) is 39.6 Å². The third kappa shape index (κ3) is 5.70. The van der Waals surface area contributed by atoms with Crippen molar-refractivity contribution in [3.05, 3.63) is 69.7 Å². The number of carbonyl (C=O) groups is 2. The molecular weight excluding hydrogens is 469 g/mol. The molecule has 0 saturated carbocycles. The van der Waals surface area contributed by atoms with Crippen molar-refractivity contribution in [3.63, 3.8) is 0 Å². The Balaban J connectivity index is 1.27. The van der Waals surface area contributed by atoms with E-state index in [1.807, 2.05) is 29.2 Å². The van der Waals surface area contributed by atoms with Crippen molar-refractivity contribution in [2.24, 2.45) is 0 Å². The molecule has 4 rings (SSSR count). The molecule has 2 heterocycles. The Kier molecular flexibility index (Phi) is 7.14. The largest absolute Gasteiger partial charge is 0.367 e. The van der Waals surface area contributed by atoms with Gasteiger partial charge in [-0.05, 0) is 30.3 Å². The number of hydrogen-bond acceptors (Lipinski definition) is 5. The number of urea groups is 1. The molecule has 1 fully saturated rings. The third-order valence-electron chi connectivity index (χ3n) is 5.01. The molecule has 0 atom stereocenters. The Bertz CT molecular complexity index is 1110. The highest BCUT2D eigenvalue weighted by Crippen LogP contribution is 2.26. The van der Waals surface area contributed by atoms with Gasteiger partial charge in [-0.25, -0.2) is 9.78 Å². The fourth-order valence-corrected chi connectivity index (χ4v) is 4.59.